The monoisotopic (exact) mass is 281 g/mol. The quantitative estimate of drug-likeness (QED) is 0.538. The molecule has 19 heavy (non-hydrogen) atoms. The number of carboxylic acids is 1. The van der Waals surface area contributed by atoms with E-state index in [1.165, 1.54) is 10.5 Å². The van der Waals surface area contributed by atoms with Crippen LogP contribution in [-0.2, 0) is 11.3 Å². The molecule has 0 saturated carbocycles. The first-order chi connectivity index (χ1) is 9.11. The average Bonchev–Trinajstić information content (AvgIpc) is 2.42. The molecular formula is C15H23NO2S. The molecule has 0 radical (unpaired) electrons. The fourth-order valence-electron chi connectivity index (χ4n) is 1.84. The molecule has 0 saturated heterocycles. The van der Waals surface area contributed by atoms with E-state index in [1.54, 1.807) is 11.8 Å². The summed E-state index contributed by atoms with van der Waals surface area (Å²) in [4.78, 5) is 11.7. The summed E-state index contributed by atoms with van der Waals surface area (Å²) < 4.78 is 0. The zero-order valence-electron chi connectivity index (χ0n) is 11.7. The molecule has 0 aliphatic carbocycles. The van der Waals surface area contributed by atoms with Crippen LogP contribution in [0.2, 0.25) is 0 Å². The molecule has 0 aliphatic heterocycles. The smallest absolute Gasteiger partial charge is 0.303 e. The molecule has 0 spiro atoms. The maximum Gasteiger partial charge on any atom is 0.303 e. The van der Waals surface area contributed by atoms with Crippen LogP contribution in [0.1, 0.15) is 31.7 Å². The summed E-state index contributed by atoms with van der Waals surface area (Å²) in [5.41, 5.74) is 1.29. The largest absolute Gasteiger partial charge is 0.481 e. The molecule has 1 unspecified atom stereocenters. The van der Waals surface area contributed by atoms with Crippen LogP contribution in [-0.4, -0.2) is 23.9 Å². The Bertz CT molecular complexity index is 378. The Hall–Kier alpha value is -1.00. The second-order valence-corrected chi connectivity index (χ2v) is 5.73. The topological polar surface area (TPSA) is 49.3 Å². The second-order valence-electron chi connectivity index (χ2n) is 4.85. The van der Waals surface area contributed by atoms with E-state index in [4.69, 9.17) is 5.11 Å². The fraction of sp³-hybridized carbons (Fsp3) is 0.533. The number of benzene rings is 1. The van der Waals surface area contributed by atoms with E-state index in [9.17, 15) is 4.79 Å². The molecule has 1 rings (SSSR count). The average molecular weight is 281 g/mol. The van der Waals surface area contributed by atoms with Crippen molar-refractivity contribution in [2.24, 2.45) is 5.92 Å². The van der Waals surface area contributed by atoms with Gasteiger partial charge in [-0.2, -0.15) is 0 Å². The fourth-order valence-corrected chi connectivity index (χ4v) is 2.25. The highest BCUT2D eigenvalue weighted by Gasteiger charge is 2.05. The first-order valence-corrected chi connectivity index (χ1v) is 7.89. The van der Waals surface area contributed by atoms with Crippen molar-refractivity contribution in [2.45, 2.75) is 37.6 Å². The van der Waals surface area contributed by atoms with Gasteiger partial charge in [0.1, 0.15) is 0 Å². The van der Waals surface area contributed by atoms with Gasteiger partial charge in [-0.15, -0.1) is 11.8 Å². The lowest BCUT2D eigenvalue weighted by molar-refractivity contribution is -0.137. The number of rotatable bonds is 9. The van der Waals surface area contributed by atoms with Gasteiger partial charge in [-0.05, 0) is 49.3 Å². The SMILES string of the molecule is CSc1ccc(CNCCC(C)CCC(=O)O)cc1. The van der Waals surface area contributed by atoms with Crippen LogP contribution in [0.5, 0.6) is 0 Å². The number of carboxylic acid groups (broad SMARTS) is 1. The minimum atomic E-state index is -0.700. The lowest BCUT2D eigenvalue weighted by Crippen LogP contribution is -2.17. The maximum atomic E-state index is 10.5. The lowest BCUT2D eigenvalue weighted by Gasteiger charge is -2.11. The summed E-state index contributed by atoms with van der Waals surface area (Å²) in [5, 5.41) is 12.0. The molecule has 1 aromatic carbocycles. The third-order valence-electron chi connectivity index (χ3n) is 3.15. The summed E-state index contributed by atoms with van der Waals surface area (Å²) in [7, 11) is 0. The number of aliphatic carboxylic acids is 1. The predicted octanol–water partition coefficient (Wildman–Crippen LogP) is 3.39. The number of carbonyl (C=O) groups is 1. The predicted molar refractivity (Wildman–Crippen MR) is 80.6 cm³/mol. The van der Waals surface area contributed by atoms with E-state index in [0.29, 0.717) is 5.92 Å². The van der Waals surface area contributed by atoms with Gasteiger partial charge in [0.15, 0.2) is 0 Å². The Balaban J connectivity index is 2.14. The number of hydrogen-bond donors (Lipinski definition) is 2. The Morgan fingerprint density at radius 3 is 2.58 bits per heavy atom. The molecule has 0 amide bonds. The van der Waals surface area contributed by atoms with Gasteiger partial charge in [0.2, 0.25) is 0 Å². The summed E-state index contributed by atoms with van der Waals surface area (Å²) in [5.74, 6) is -0.240. The minimum absolute atomic E-state index is 0.275. The Labute approximate surface area is 119 Å². The highest BCUT2D eigenvalue weighted by Crippen LogP contribution is 2.14. The lowest BCUT2D eigenvalue weighted by atomic mass is 10.0. The van der Waals surface area contributed by atoms with E-state index in [1.807, 2.05) is 0 Å². The highest BCUT2D eigenvalue weighted by molar-refractivity contribution is 7.98. The highest BCUT2D eigenvalue weighted by atomic mass is 32.2. The van der Waals surface area contributed by atoms with Crippen LogP contribution in [0.3, 0.4) is 0 Å². The molecule has 0 heterocycles. The van der Waals surface area contributed by atoms with Crippen molar-refractivity contribution in [3.63, 3.8) is 0 Å². The van der Waals surface area contributed by atoms with Crippen molar-refractivity contribution in [1.82, 2.24) is 5.32 Å². The van der Waals surface area contributed by atoms with Gasteiger partial charge >= 0.3 is 5.97 Å². The van der Waals surface area contributed by atoms with Crippen LogP contribution in [0.25, 0.3) is 0 Å². The maximum absolute atomic E-state index is 10.5. The Morgan fingerprint density at radius 1 is 1.32 bits per heavy atom. The van der Waals surface area contributed by atoms with Crippen molar-refractivity contribution in [3.05, 3.63) is 29.8 Å². The molecule has 4 heteroatoms. The second kappa shape index (κ2) is 8.99. The van der Waals surface area contributed by atoms with E-state index >= 15 is 0 Å². The molecule has 0 aliphatic rings. The van der Waals surface area contributed by atoms with Gasteiger partial charge < -0.3 is 10.4 Å². The van der Waals surface area contributed by atoms with E-state index < -0.39 is 5.97 Å². The number of thioether (sulfide) groups is 1. The molecule has 0 aromatic heterocycles. The molecule has 0 bridgehead atoms. The third-order valence-corrected chi connectivity index (χ3v) is 3.90. The van der Waals surface area contributed by atoms with Crippen LogP contribution in [0.4, 0.5) is 0 Å². The van der Waals surface area contributed by atoms with Gasteiger partial charge in [-0.25, -0.2) is 0 Å². The minimum Gasteiger partial charge on any atom is -0.481 e. The summed E-state index contributed by atoms with van der Waals surface area (Å²) >= 11 is 1.75. The summed E-state index contributed by atoms with van der Waals surface area (Å²) in [6.45, 7) is 3.92. The molecular weight excluding hydrogens is 258 g/mol. The summed E-state index contributed by atoms with van der Waals surface area (Å²) in [6, 6.07) is 8.56. The van der Waals surface area contributed by atoms with E-state index in [2.05, 4.69) is 42.8 Å². The van der Waals surface area contributed by atoms with Gasteiger partial charge in [0, 0.05) is 17.9 Å². The number of nitrogens with one attached hydrogen (secondary N) is 1. The molecule has 106 valence electrons. The van der Waals surface area contributed by atoms with Crippen LogP contribution < -0.4 is 5.32 Å². The van der Waals surface area contributed by atoms with Crippen molar-refractivity contribution in [1.29, 1.82) is 0 Å². The van der Waals surface area contributed by atoms with Gasteiger partial charge in [0.25, 0.3) is 0 Å². The Kier molecular flexibility index (Phi) is 7.60. The summed E-state index contributed by atoms with van der Waals surface area (Å²) in [6.07, 6.45) is 4.14. The van der Waals surface area contributed by atoms with Crippen molar-refractivity contribution in [3.8, 4) is 0 Å². The van der Waals surface area contributed by atoms with Crippen molar-refractivity contribution >= 4 is 17.7 Å². The zero-order valence-corrected chi connectivity index (χ0v) is 12.5. The van der Waals surface area contributed by atoms with Crippen molar-refractivity contribution in [2.75, 3.05) is 12.8 Å². The molecule has 2 N–H and O–H groups in total. The number of hydrogen-bond acceptors (Lipinski definition) is 3. The third kappa shape index (κ3) is 7.23. The standard InChI is InChI=1S/C15H23NO2S/c1-12(3-8-15(17)18)9-10-16-11-13-4-6-14(19-2)7-5-13/h4-7,12,16H,3,8-11H2,1-2H3,(H,17,18). The first-order valence-electron chi connectivity index (χ1n) is 6.67. The van der Waals surface area contributed by atoms with Crippen LogP contribution >= 0.6 is 11.8 Å². The van der Waals surface area contributed by atoms with Gasteiger partial charge in [-0.1, -0.05) is 19.1 Å². The first kappa shape index (κ1) is 16.1. The molecule has 1 aromatic rings. The van der Waals surface area contributed by atoms with E-state index in [0.717, 1.165) is 25.9 Å². The van der Waals surface area contributed by atoms with Crippen LogP contribution in [0.15, 0.2) is 29.2 Å². The Morgan fingerprint density at radius 2 is 2.00 bits per heavy atom. The molecule has 3 nitrogen and oxygen atoms in total. The molecule has 0 fully saturated rings. The zero-order chi connectivity index (χ0) is 14.1. The van der Waals surface area contributed by atoms with Crippen molar-refractivity contribution < 1.29 is 9.90 Å². The van der Waals surface area contributed by atoms with Crippen LogP contribution in [0, 0.1) is 5.92 Å². The molecule has 1 atom stereocenters. The normalized spacial score (nSPS) is 12.3. The van der Waals surface area contributed by atoms with Gasteiger partial charge in [-0.3, -0.25) is 4.79 Å². The van der Waals surface area contributed by atoms with Gasteiger partial charge in [0.05, 0.1) is 0 Å². The van der Waals surface area contributed by atoms with E-state index in [-0.39, 0.29) is 6.42 Å².